The molecule has 0 aliphatic heterocycles. The molecule has 1 rings (SSSR count). The molecule has 1 aromatic rings. The predicted octanol–water partition coefficient (Wildman–Crippen LogP) is 2.68. The molecule has 0 aromatic heterocycles. The summed E-state index contributed by atoms with van der Waals surface area (Å²) in [5, 5.41) is 19.7. The summed E-state index contributed by atoms with van der Waals surface area (Å²) >= 11 is 0. The van der Waals surface area contributed by atoms with Crippen molar-refractivity contribution in [2.45, 2.75) is 32.5 Å². The van der Waals surface area contributed by atoms with Crippen molar-refractivity contribution in [2.75, 3.05) is 0 Å². The van der Waals surface area contributed by atoms with Gasteiger partial charge >= 0.3 is 0 Å². The molecule has 0 saturated carbocycles. The van der Waals surface area contributed by atoms with Crippen molar-refractivity contribution in [3.05, 3.63) is 48.0 Å². The van der Waals surface area contributed by atoms with E-state index < -0.39 is 12.2 Å². The highest BCUT2D eigenvalue weighted by molar-refractivity contribution is 5.19. The van der Waals surface area contributed by atoms with Gasteiger partial charge in [0.15, 0.2) is 0 Å². The lowest BCUT2D eigenvalue weighted by Gasteiger charge is -2.20. The lowest BCUT2D eigenvalue weighted by Crippen LogP contribution is -2.18. The first-order chi connectivity index (χ1) is 7.52. The summed E-state index contributed by atoms with van der Waals surface area (Å²) in [6.07, 6.45) is -0.718. The molecule has 0 saturated heterocycles. The van der Waals surface area contributed by atoms with Gasteiger partial charge in [0.05, 0.1) is 12.2 Å². The maximum absolute atomic E-state index is 9.95. The first-order valence-corrected chi connectivity index (χ1v) is 5.61. The number of rotatable bonds is 5. The summed E-state index contributed by atoms with van der Waals surface area (Å²) in [4.78, 5) is 0. The molecular formula is C14H20O2. The minimum atomic E-state index is -0.581. The normalized spacial score (nSPS) is 14.8. The van der Waals surface area contributed by atoms with Crippen LogP contribution in [0, 0.1) is 5.92 Å². The van der Waals surface area contributed by atoms with Crippen molar-refractivity contribution in [1.82, 2.24) is 0 Å². The zero-order chi connectivity index (χ0) is 12.1. The van der Waals surface area contributed by atoms with Gasteiger partial charge < -0.3 is 10.2 Å². The predicted molar refractivity (Wildman–Crippen MR) is 66.0 cm³/mol. The van der Waals surface area contributed by atoms with Crippen LogP contribution in [0.5, 0.6) is 0 Å². The minimum Gasteiger partial charge on any atom is -0.389 e. The Hall–Kier alpha value is -1.12. The van der Waals surface area contributed by atoms with E-state index in [1.54, 1.807) is 0 Å². The number of hydrogen-bond acceptors (Lipinski definition) is 2. The fourth-order valence-corrected chi connectivity index (χ4v) is 1.63. The van der Waals surface area contributed by atoms with Gasteiger partial charge in [0, 0.05) is 6.42 Å². The third-order valence-corrected chi connectivity index (χ3v) is 2.69. The van der Waals surface area contributed by atoms with Crippen LogP contribution in [0.25, 0.3) is 0 Å². The Morgan fingerprint density at radius 1 is 1.19 bits per heavy atom. The summed E-state index contributed by atoms with van der Waals surface area (Å²) in [5.41, 5.74) is 1.55. The SMILES string of the molecule is C=C(C[C@H](O)c1ccccc1)[C@H](O)C(C)C. The van der Waals surface area contributed by atoms with E-state index in [1.165, 1.54) is 0 Å². The lowest BCUT2D eigenvalue weighted by molar-refractivity contribution is 0.130. The zero-order valence-corrected chi connectivity index (χ0v) is 9.93. The maximum atomic E-state index is 9.95. The molecule has 88 valence electrons. The van der Waals surface area contributed by atoms with Crippen LogP contribution < -0.4 is 0 Å². The van der Waals surface area contributed by atoms with Crippen LogP contribution in [0.2, 0.25) is 0 Å². The Morgan fingerprint density at radius 3 is 2.25 bits per heavy atom. The molecule has 0 unspecified atom stereocenters. The minimum absolute atomic E-state index is 0.135. The van der Waals surface area contributed by atoms with Gasteiger partial charge in [0.25, 0.3) is 0 Å². The van der Waals surface area contributed by atoms with Gasteiger partial charge in [-0.2, -0.15) is 0 Å². The quantitative estimate of drug-likeness (QED) is 0.749. The standard InChI is InChI=1S/C14H20O2/c1-10(2)14(16)11(3)9-13(15)12-7-5-4-6-8-12/h4-8,10,13-16H,3,9H2,1-2H3/t13-,14+/m0/s1. The Labute approximate surface area is 97.2 Å². The average molecular weight is 220 g/mol. The molecule has 2 nitrogen and oxygen atoms in total. The first kappa shape index (κ1) is 12.9. The molecule has 0 heterocycles. The van der Waals surface area contributed by atoms with Crippen molar-refractivity contribution in [1.29, 1.82) is 0 Å². The van der Waals surface area contributed by atoms with Crippen molar-refractivity contribution in [3.8, 4) is 0 Å². The largest absolute Gasteiger partial charge is 0.389 e. The summed E-state index contributed by atoms with van der Waals surface area (Å²) in [6, 6.07) is 9.44. The third kappa shape index (κ3) is 3.47. The second-order valence-corrected chi connectivity index (χ2v) is 4.48. The lowest BCUT2D eigenvalue weighted by atomic mass is 9.94. The van der Waals surface area contributed by atoms with E-state index in [9.17, 15) is 10.2 Å². The van der Waals surface area contributed by atoms with Crippen LogP contribution in [0.4, 0.5) is 0 Å². The number of benzene rings is 1. The molecule has 2 atom stereocenters. The number of aliphatic hydroxyl groups is 2. The second kappa shape index (κ2) is 5.83. The average Bonchev–Trinajstić information content (AvgIpc) is 2.28. The maximum Gasteiger partial charge on any atom is 0.0828 e. The van der Waals surface area contributed by atoms with Gasteiger partial charge in [-0.05, 0) is 17.1 Å². The second-order valence-electron chi connectivity index (χ2n) is 4.48. The smallest absolute Gasteiger partial charge is 0.0828 e. The van der Waals surface area contributed by atoms with Crippen LogP contribution in [0.3, 0.4) is 0 Å². The fourth-order valence-electron chi connectivity index (χ4n) is 1.63. The van der Waals surface area contributed by atoms with E-state index in [0.29, 0.717) is 12.0 Å². The van der Waals surface area contributed by atoms with Gasteiger partial charge in [-0.25, -0.2) is 0 Å². The molecule has 0 spiro atoms. The summed E-state index contributed by atoms with van der Waals surface area (Å²) in [5.74, 6) is 0.135. The van der Waals surface area contributed by atoms with Crippen LogP contribution in [0.1, 0.15) is 31.9 Å². The highest BCUT2D eigenvalue weighted by Crippen LogP contribution is 2.23. The molecule has 1 aromatic carbocycles. The molecule has 16 heavy (non-hydrogen) atoms. The van der Waals surface area contributed by atoms with Crippen LogP contribution in [-0.4, -0.2) is 16.3 Å². The molecule has 2 heteroatoms. The highest BCUT2D eigenvalue weighted by atomic mass is 16.3. The topological polar surface area (TPSA) is 40.5 Å². The molecular weight excluding hydrogens is 200 g/mol. The Balaban J connectivity index is 2.58. The third-order valence-electron chi connectivity index (χ3n) is 2.69. The van der Waals surface area contributed by atoms with E-state index in [4.69, 9.17) is 0 Å². The van der Waals surface area contributed by atoms with E-state index in [2.05, 4.69) is 6.58 Å². The molecule has 0 aliphatic carbocycles. The van der Waals surface area contributed by atoms with Crippen LogP contribution in [-0.2, 0) is 0 Å². The van der Waals surface area contributed by atoms with Crippen molar-refractivity contribution in [3.63, 3.8) is 0 Å². The number of hydrogen-bond donors (Lipinski definition) is 2. The highest BCUT2D eigenvalue weighted by Gasteiger charge is 2.17. The molecule has 0 aliphatic rings. The summed E-state index contributed by atoms with van der Waals surface area (Å²) in [6.45, 7) is 7.70. The Kier molecular flexibility index (Phi) is 4.71. The Morgan fingerprint density at radius 2 is 1.75 bits per heavy atom. The van der Waals surface area contributed by atoms with E-state index >= 15 is 0 Å². The molecule has 0 bridgehead atoms. The van der Waals surface area contributed by atoms with E-state index in [1.807, 2.05) is 44.2 Å². The van der Waals surface area contributed by atoms with Gasteiger partial charge in [-0.1, -0.05) is 50.8 Å². The zero-order valence-electron chi connectivity index (χ0n) is 9.93. The fraction of sp³-hybridized carbons (Fsp3) is 0.429. The van der Waals surface area contributed by atoms with Crippen LogP contribution >= 0.6 is 0 Å². The van der Waals surface area contributed by atoms with Gasteiger partial charge in [0.2, 0.25) is 0 Å². The monoisotopic (exact) mass is 220 g/mol. The summed E-state index contributed by atoms with van der Waals surface area (Å²) < 4.78 is 0. The molecule has 0 fully saturated rings. The molecule has 0 amide bonds. The van der Waals surface area contributed by atoms with Gasteiger partial charge in [0.1, 0.15) is 0 Å². The van der Waals surface area contributed by atoms with E-state index in [-0.39, 0.29) is 5.92 Å². The number of aliphatic hydroxyl groups excluding tert-OH is 2. The van der Waals surface area contributed by atoms with E-state index in [0.717, 1.165) is 5.56 Å². The Bertz CT molecular complexity index is 330. The van der Waals surface area contributed by atoms with Gasteiger partial charge in [-0.15, -0.1) is 0 Å². The van der Waals surface area contributed by atoms with Gasteiger partial charge in [-0.3, -0.25) is 0 Å². The van der Waals surface area contributed by atoms with Crippen molar-refractivity contribution >= 4 is 0 Å². The molecule has 0 radical (unpaired) electrons. The van der Waals surface area contributed by atoms with Crippen LogP contribution in [0.15, 0.2) is 42.5 Å². The summed E-state index contributed by atoms with van der Waals surface area (Å²) in [7, 11) is 0. The first-order valence-electron chi connectivity index (χ1n) is 5.61. The molecule has 2 N–H and O–H groups in total. The van der Waals surface area contributed by atoms with Crippen molar-refractivity contribution < 1.29 is 10.2 Å². The van der Waals surface area contributed by atoms with Crippen molar-refractivity contribution in [2.24, 2.45) is 5.92 Å².